The summed E-state index contributed by atoms with van der Waals surface area (Å²) in [6.07, 6.45) is 0.292. The molecule has 1 aromatic carbocycles. The molecule has 0 saturated heterocycles. The Kier molecular flexibility index (Phi) is 7.04. The third kappa shape index (κ3) is 7.11. The van der Waals surface area contributed by atoms with Crippen molar-refractivity contribution in [2.45, 2.75) is 38.8 Å². The van der Waals surface area contributed by atoms with Gasteiger partial charge in [-0.1, -0.05) is 12.1 Å². The molecule has 0 bridgehead atoms. The molecule has 2 unspecified atom stereocenters. The van der Waals surface area contributed by atoms with Gasteiger partial charge < -0.3 is 20.9 Å². The monoisotopic (exact) mass is 280 g/mol. The molecular formula is C15H24N2O3. The summed E-state index contributed by atoms with van der Waals surface area (Å²) in [6.45, 7) is 4.17. The number of nitrogens with one attached hydrogen (secondary N) is 1. The minimum Gasteiger partial charge on any atom is -0.491 e. The van der Waals surface area contributed by atoms with E-state index in [9.17, 15) is 9.90 Å². The van der Waals surface area contributed by atoms with Crippen molar-refractivity contribution in [2.75, 3.05) is 13.2 Å². The van der Waals surface area contributed by atoms with Gasteiger partial charge in [-0.05, 0) is 38.0 Å². The van der Waals surface area contributed by atoms with Crippen LogP contribution in [0.3, 0.4) is 0 Å². The average Bonchev–Trinajstić information content (AvgIpc) is 2.40. The molecule has 0 aliphatic heterocycles. The Labute approximate surface area is 120 Å². The molecular weight excluding hydrogens is 256 g/mol. The Balaban J connectivity index is 2.20. The van der Waals surface area contributed by atoms with E-state index in [2.05, 4.69) is 5.32 Å². The van der Waals surface area contributed by atoms with Crippen LogP contribution in [-0.2, 0) is 4.79 Å². The van der Waals surface area contributed by atoms with E-state index in [0.29, 0.717) is 18.6 Å². The van der Waals surface area contributed by atoms with Crippen LogP contribution in [0.25, 0.3) is 0 Å². The summed E-state index contributed by atoms with van der Waals surface area (Å²) in [6, 6.07) is 7.61. The van der Waals surface area contributed by atoms with Crippen LogP contribution in [0.15, 0.2) is 24.3 Å². The Morgan fingerprint density at radius 2 is 2.25 bits per heavy atom. The van der Waals surface area contributed by atoms with E-state index in [1.165, 1.54) is 0 Å². The normalized spacial score (nSPS) is 13.6. The number of benzene rings is 1. The fraction of sp³-hybridized carbons (Fsp3) is 0.533. The summed E-state index contributed by atoms with van der Waals surface area (Å²) in [5, 5.41) is 12.4. The molecule has 0 saturated carbocycles. The van der Waals surface area contributed by atoms with E-state index in [4.69, 9.17) is 10.5 Å². The van der Waals surface area contributed by atoms with Crippen molar-refractivity contribution in [1.29, 1.82) is 0 Å². The van der Waals surface area contributed by atoms with Gasteiger partial charge in [0.25, 0.3) is 0 Å². The average molecular weight is 280 g/mol. The first kappa shape index (κ1) is 16.5. The van der Waals surface area contributed by atoms with E-state index < -0.39 is 6.10 Å². The maximum absolute atomic E-state index is 11.5. The van der Waals surface area contributed by atoms with E-state index in [-0.39, 0.29) is 25.1 Å². The van der Waals surface area contributed by atoms with Crippen molar-refractivity contribution in [3.8, 4) is 5.75 Å². The van der Waals surface area contributed by atoms with Gasteiger partial charge in [-0.2, -0.15) is 0 Å². The number of aryl methyl sites for hydroxylation is 1. The second kappa shape index (κ2) is 8.55. The summed E-state index contributed by atoms with van der Waals surface area (Å²) in [5.41, 5.74) is 6.67. The summed E-state index contributed by atoms with van der Waals surface area (Å²) >= 11 is 0. The quantitative estimate of drug-likeness (QED) is 0.662. The maximum atomic E-state index is 11.5. The Bertz CT molecular complexity index is 421. The molecule has 0 aromatic heterocycles. The Morgan fingerprint density at radius 1 is 1.50 bits per heavy atom. The van der Waals surface area contributed by atoms with Gasteiger partial charge in [0.15, 0.2) is 0 Å². The van der Waals surface area contributed by atoms with Crippen LogP contribution >= 0.6 is 0 Å². The molecule has 2 atom stereocenters. The number of nitrogens with two attached hydrogens (primary N) is 1. The molecule has 1 amide bonds. The number of hydrogen-bond donors (Lipinski definition) is 3. The summed E-state index contributed by atoms with van der Waals surface area (Å²) < 4.78 is 5.46. The smallest absolute Gasteiger partial charge is 0.220 e. The molecule has 0 aliphatic carbocycles. The van der Waals surface area contributed by atoms with Gasteiger partial charge in [-0.25, -0.2) is 0 Å². The van der Waals surface area contributed by atoms with Gasteiger partial charge in [-0.15, -0.1) is 0 Å². The number of aliphatic hydroxyl groups excluding tert-OH is 1. The van der Waals surface area contributed by atoms with Gasteiger partial charge >= 0.3 is 0 Å². The highest BCUT2D eigenvalue weighted by molar-refractivity contribution is 5.75. The zero-order valence-corrected chi connectivity index (χ0v) is 12.1. The molecule has 5 heteroatoms. The van der Waals surface area contributed by atoms with Crippen molar-refractivity contribution in [1.82, 2.24) is 5.32 Å². The molecule has 0 spiro atoms. The number of ether oxygens (including phenoxy) is 1. The number of hydrogen-bond acceptors (Lipinski definition) is 4. The lowest BCUT2D eigenvalue weighted by Gasteiger charge is -2.14. The summed E-state index contributed by atoms with van der Waals surface area (Å²) in [5.74, 6) is 0.615. The molecule has 4 N–H and O–H groups in total. The van der Waals surface area contributed by atoms with Gasteiger partial charge in [0.2, 0.25) is 5.91 Å². The number of aliphatic hydroxyl groups is 1. The first-order valence-electron chi connectivity index (χ1n) is 6.87. The molecule has 0 radical (unpaired) electrons. The topological polar surface area (TPSA) is 84.6 Å². The predicted octanol–water partition coefficient (Wildman–Crippen LogP) is 0.978. The highest BCUT2D eigenvalue weighted by atomic mass is 16.5. The molecule has 112 valence electrons. The van der Waals surface area contributed by atoms with E-state index >= 15 is 0 Å². The third-order valence-electron chi connectivity index (χ3n) is 2.79. The standard InChI is InChI=1S/C15H24N2O3/c1-11-4-3-5-14(8-11)20-10-13(18)9-17-15(19)7-6-12(2)16/h3-5,8,12-13,18H,6-7,9-10,16H2,1-2H3,(H,17,19). The van der Waals surface area contributed by atoms with Crippen LogP contribution < -0.4 is 15.8 Å². The fourth-order valence-corrected chi connectivity index (χ4v) is 1.64. The molecule has 1 rings (SSSR count). The minimum atomic E-state index is -0.727. The lowest BCUT2D eigenvalue weighted by atomic mass is 10.2. The van der Waals surface area contributed by atoms with Crippen LogP contribution in [-0.4, -0.2) is 36.3 Å². The second-order valence-corrected chi connectivity index (χ2v) is 5.10. The molecule has 5 nitrogen and oxygen atoms in total. The van der Waals surface area contributed by atoms with Crippen LogP contribution in [0.1, 0.15) is 25.3 Å². The van der Waals surface area contributed by atoms with Crippen LogP contribution in [0.2, 0.25) is 0 Å². The van der Waals surface area contributed by atoms with Gasteiger partial charge in [0, 0.05) is 19.0 Å². The van der Waals surface area contributed by atoms with Crippen molar-refractivity contribution in [3.05, 3.63) is 29.8 Å². The van der Waals surface area contributed by atoms with Crippen LogP contribution in [0.4, 0.5) is 0 Å². The second-order valence-electron chi connectivity index (χ2n) is 5.10. The highest BCUT2D eigenvalue weighted by Crippen LogP contribution is 2.12. The molecule has 1 aromatic rings. The number of carbonyl (C=O) groups excluding carboxylic acids is 1. The Morgan fingerprint density at radius 3 is 2.90 bits per heavy atom. The van der Waals surface area contributed by atoms with Gasteiger partial charge in [-0.3, -0.25) is 4.79 Å². The minimum absolute atomic E-state index is 0.00956. The largest absolute Gasteiger partial charge is 0.491 e. The molecule has 0 aliphatic rings. The van der Waals surface area contributed by atoms with Crippen molar-refractivity contribution in [3.63, 3.8) is 0 Å². The fourth-order valence-electron chi connectivity index (χ4n) is 1.64. The highest BCUT2D eigenvalue weighted by Gasteiger charge is 2.08. The predicted molar refractivity (Wildman–Crippen MR) is 78.6 cm³/mol. The lowest BCUT2D eigenvalue weighted by Crippen LogP contribution is -2.35. The van der Waals surface area contributed by atoms with Crippen molar-refractivity contribution >= 4 is 5.91 Å². The van der Waals surface area contributed by atoms with Crippen molar-refractivity contribution < 1.29 is 14.6 Å². The van der Waals surface area contributed by atoms with E-state index in [0.717, 1.165) is 5.56 Å². The van der Waals surface area contributed by atoms with Gasteiger partial charge in [0.1, 0.15) is 18.5 Å². The maximum Gasteiger partial charge on any atom is 0.220 e. The SMILES string of the molecule is Cc1cccc(OCC(O)CNC(=O)CCC(C)N)c1. The Hall–Kier alpha value is -1.59. The van der Waals surface area contributed by atoms with E-state index in [1.807, 2.05) is 38.1 Å². The summed E-state index contributed by atoms with van der Waals surface area (Å²) in [4.78, 5) is 11.5. The molecule has 0 fully saturated rings. The van der Waals surface area contributed by atoms with Crippen molar-refractivity contribution in [2.24, 2.45) is 5.73 Å². The zero-order chi connectivity index (χ0) is 15.0. The number of rotatable bonds is 8. The van der Waals surface area contributed by atoms with E-state index in [1.54, 1.807) is 0 Å². The van der Waals surface area contributed by atoms with Crippen LogP contribution in [0, 0.1) is 6.92 Å². The third-order valence-corrected chi connectivity index (χ3v) is 2.79. The summed E-state index contributed by atoms with van der Waals surface area (Å²) in [7, 11) is 0. The van der Waals surface area contributed by atoms with Crippen LogP contribution in [0.5, 0.6) is 5.75 Å². The number of carbonyl (C=O) groups is 1. The first-order chi connectivity index (χ1) is 9.47. The van der Waals surface area contributed by atoms with Gasteiger partial charge in [0.05, 0.1) is 0 Å². The lowest BCUT2D eigenvalue weighted by molar-refractivity contribution is -0.121. The number of amides is 1. The zero-order valence-electron chi connectivity index (χ0n) is 12.1. The molecule has 20 heavy (non-hydrogen) atoms. The first-order valence-corrected chi connectivity index (χ1v) is 6.87. The molecule has 0 heterocycles.